The van der Waals surface area contributed by atoms with Crippen molar-refractivity contribution in [3.63, 3.8) is 0 Å². The number of amides is 1. The number of halogens is 3. The van der Waals surface area contributed by atoms with Crippen molar-refractivity contribution >= 4 is 45.0 Å². The summed E-state index contributed by atoms with van der Waals surface area (Å²) in [4.78, 5) is 32.8. The van der Waals surface area contributed by atoms with E-state index < -0.39 is 23.6 Å². The maximum Gasteiger partial charge on any atom is 0.319 e. The molecule has 0 unspecified atom stereocenters. The number of rotatable bonds is 9. The van der Waals surface area contributed by atoms with Crippen molar-refractivity contribution < 1.29 is 23.0 Å². The van der Waals surface area contributed by atoms with Crippen molar-refractivity contribution in [2.45, 2.75) is 50.3 Å². The van der Waals surface area contributed by atoms with Gasteiger partial charge in [0.2, 0.25) is 0 Å². The molecule has 0 spiro atoms. The number of aromatic nitrogens is 3. The van der Waals surface area contributed by atoms with E-state index in [0.717, 1.165) is 37.6 Å². The van der Waals surface area contributed by atoms with Gasteiger partial charge in [-0.2, -0.15) is 15.2 Å². The minimum atomic E-state index is -1.07. The van der Waals surface area contributed by atoms with Crippen molar-refractivity contribution in [2.75, 3.05) is 44.7 Å². The molecule has 1 amide bonds. The van der Waals surface area contributed by atoms with Gasteiger partial charge in [-0.25, -0.2) is 8.78 Å². The molecule has 1 aliphatic carbocycles. The lowest BCUT2D eigenvalue weighted by Gasteiger charge is -2.41. The van der Waals surface area contributed by atoms with Crippen LogP contribution in [0.25, 0.3) is 32.9 Å². The Morgan fingerprint density at radius 3 is 2.71 bits per heavy atom. The lowest BCUT2D eigenvalue weighted by atomic mass is 10.00. The highest BCUT2D eigenvalue weighted by molar-refractivity contribution is 6.37. The van der Waals surface area contributed by atoms with Gasteiger partial charge < -0.3 is 24.2 Å². The maximum absolute atomic E-state index is 14.8. The fraction of sp³-hybridized carbons (Fsp3) is 0.400. The molecule has 13 heteroatoms. The number of carbonyl (C=O) groups excluding carboxylic acids is 1. The highest BCUT2D eigenvalue weighted by Crippen LogP contribution is 2.44. The molecule has 248 valence electrons. The SMILES string of the molecule is C=C(F)C(=O)N1CCN(c2nc(OC[C@@H]3CCCN3C)nc3c(OC4CC4)c(-c4cccc5ccc(F)c(Cl)c45)ncc23)C[C@@H]1CC#N. The second-order valence-electron chi connectivity index (χ2n) is 12.6. The van der Waals surface area contributed by atoms with Gasteiger partial charge in [-0.05, 0) is 50.7 Å². The molecule has 3 aliphatic rings. The summed E-state index contributed by atoms with van der Waals surface area (Å²) >= 11 is 6.55. The predicted octanol–water partition coefficient (Wildman–Crippen LogP) is 6.07. The Labute approximate surface area is 281 Å². The summed E-state index contributed by atoms with van der Waals surface area (Å²) in [5.41, 5.74) is 1.51. The quantitative estimate of drug-likeness (QED) is 0.196. The molecule has 10 nitrogen and oxygen atoms in total. The first-order valence-corrected chi connectivity index (χ1v) is 16.5. The van der Waals surface area contributed by atoms with Gasteiger partial charge in [-0.1, -0.05) is 42.4 Å². The summed E-state index contributed by atoms with van der Waals surface area (Å²) in [6, 6.07) is 10.4. The van der Waals surface area contributed by atoms with Gasteiger partial charge in [0.1, 0.15) is 29.5 Å². The van der Waals surface area contributed by atoms with E-state index in [1.54, 1.807) is 12.3 Å². The molecule has 2 saturated heterocycles. The van der Waals surface area contributed by atoms with Crippen molar-refractivity contribution in [3.8, 4) is 29.1 Å². The molecule has 4 heterocycles. The Kier molecular flexibility index (Phi) is 8.74. The van der Waals surface area contributed by atoms with E-state index >= 15 is 0 Å². The van der Waals surface area contributed by atoms with Crippen LogP contribution in [0.5, 0.6) is 11.8 Å². The smallest absolute Gasteiger partial charge is 0.319 e. The first kappa shape index (κ1) is 32.0. The van der Waals surface area contributed by atoms with Crippen molar-refractivity contribution in [3.05, 3.63) is 59.8 Å². The third kappa shape index (κ3) is 6.08. The highest BCUT2D eigenvalue weighted by atomic mass is 35.5. The van der Waals surface area contributed by atoms with Crippen LogP contribution < -0.4 is 14.4 Å². The molecule has 48 heavy (non-hydrogen) atoms. The van der Waals surface area contributed by atoms with Crippen LogP contribution in [0.15, 0.2) is 48.9 Å². The van der Waals surface area contributed by atoms with Crippen molar-refractivity contribution in [1.82, 2.24) is 24.8 Å². The molecule has 4 aromatic rings. The third-order valence-electron chi connectivity index (χ3n) is 9.34. The first-order chi connectivity index (χ1) is 23.2. The zero-order valence-electron chi connectivity index (χ0n) is 26.5. The molecule has 2 aromatic heterocycles. The second kappa shape index (κ2) is 13.1. The molecule has 2 aromatic carbocycles. The van der Waals surface area contributed by atoms with Gasteiger partial charge in [0.15, 0.2) is 11.6 Å². The summed E-state index contributed by atoms with van der Waals surface area (Å²) < 4.78 is 41.5. The van der Waals surface area contributed by atoms with E-state index in [4.69, 9.17) is 36.0 Å². The molecular weight excluding hydrogens is 640 g/mol. The molecule has 2 aliphatic heterocycles. The van der Waals surface area contributed by atoms with Crippen molar-refractivity contribution in [1.29, 1.82) is 5.26 Å². The largest absolute Gasteiger partial charge is 0.486 e. The van der Waals surface area contributed by atoms with Crippen LogP contribution in [0.3, 0.4) is 0 Å². The lowest BCUT2D eigenvalue weighted by molar-refractivity contribution is -0.131. The molecule has 7 rings (SSSR count). The predicted molar refractivity (Wildman–Crippen MR) is 178 cm³/mol. The van der Waals surface area contributed by atoms with Crippen LogP contribution in [0, 0.1) is 17.1 Å². The van der Waals surface area contributed by atoms with Gasteiger partial charge in [0.05, 0.1) is 35.0 Å². The molecule has 0 radical (unpaired) electrons. The molecular formula is C35H34ClF2N7O3. The number of ether oxygens (including phenoxy) is 2. The lowest BCUT2D eigenvalue weighted by Crippen LogP contribution is -2.55. The van der Waals surface area contributed by atoms with Gasteiger partial charge in [-0.15, -0.1) is 0 Å². The van der Waals surface area contributed by atoms with E-state index in [2.05, 4.69) is 24.6 Å². The van der Waals surface area contributed by atoms with Gasteiger partial charge >= 0.3 is 6.01 Å². The van der Waals surface area contributed by atoms with Crippen molar-refractivity contribution in [2.24, 2.45) is 0 Å². The average Bonchev–Trinajstić information content (AvgIpc) is 3.82. The zero-order chi connectivity index (χ0) is 33.5. The number of anilines is 1. The molecule has 3 fully saturated rings. The zero-order valence-corrected chi connectivity index (χ0v) is 27.2. The van der Waals surface area contributed by atoms with E-state index in [9.17, 15) is 18.8 Å². The minimum absolute atomic E-state index is 0.00719. The van der Waals surface area contributed by atoms with Crippen LogP contribution in [0.2, 0.25) is 5.02 Å². The van der Waals surface area contributed by atoms with Crippen LogP contribution in [-0.2, 0) is 4.79 Å². The Hall–Kier alpha value is -4.60. The number of nitriles is 1. The summed E-state index contributed by atoms with van der Waals surface area (Å²) in [7, 11) is 2.06. The Morgan fingerprint density at radius 2 is 1.98 bits per heavy atom. The molecule has 1 saturated carbocycles. The average molecular weight is 674 g/mol. The topological polar surface area (TPSA) is 108 Å². The summed E-state index contributed by atoms with van der Waals surface area (Å²) in [5.74, 6) is -1.54. The number of piperazine rings is 1. The number of benzene rings is 2. The summed E-state index contributed by atoms with van der Waals surface area (Å²) in [5, 5.41) is 11.4. The molecule has 0 N–H and O–H groups in total. The second-order valence-corrected chi connectivity index (χ2v) is 12.9. The fourth-order valence-electron chi connectivity index (χ4n) is 6.61. The fourth-order valence-corrected chi connectivity index (χ4v) is 6.88. The number of carbonyl (C=O) groups is 1. The van der Waals surface area contributed by atoms with Crippen LogP contribution >= 0.6 is 11.6 Å². The van der Waals surface area contributed by atoms with Gasteiger partial charge in [-0.3, -0.25) is 9.78 Å². The van der Waals surface area contributed by atoms with Crippen LogP contribution in [0.4, 0.5) is 14.6 Å². The number of likely N-dealkylation sites (tertiary alicyclic amines) is 1. The minimum Gasteiger partial charge on any atom is -0.486 e. The summed E-state index contributed by atoms with van der Waals surface area (Å²) in [6.45, 7) is 5.20. The number of hydrogen-bond donors (Lipinski definition) is 0. The number of hydrogen-bond acceptors (Lipinski definition) is 9. The van der Waals surface area contributed by atoms with E-state index in [1.807, 2.05) is 23.1 Å². The molecule has 0 bridgehead atoms. The molecule has 2 atom stereocenters. The van der Waals surface area contributed by atoms with Gasteiger partial charge in [0.25, 0.3) is 5.91 Å². The number of nitrogens with zero attached hydrogens (tertiary/aromatic N) is 7. The standard InChI is InChI=1S/C35H34ClF2N7O3/c1-20(37)34(46)45-16-15-44(18-22(45)12-13-39)33-26-17-40-30(25-7-3-5-21-8-11-27(38)29(36)28(21)25)32(48-24-9-10-24)31(26)41-35(42-33)47-19-23-6-4-14-43(23)2/h3,5,7-8,11,17,22-24H,1,4,6,9-10,12,14-16,18-19H2,2H3/t22-,23-/m0/s1. The summed E-state index contributed by atoms with van der Waals surface area (Å²) in [6.07, 6.45) is 5.39. The Morgan fingerprint density at radius 1 is 1.15 bits per heavy atom. The first-order valence-electron chi connectivity index (χ1n) is 16.1. The van der Waals surface area contributed by atoms with Gasteiger partial charge in [0, 0.05) is 42.8 Å². The number of pyridine rings is 1. The van der Waals surface area contributed by atoms with E-state index in [1.165, 1.54) is 11.0 Å². The van der Waals surface area contributed by atoms with Crippen LogP contribution in [-0.4, -0.2) is 88.7 Å². The van der Waals surface area contributed by atoms with E-state index in [0.29, 0.717) is 52.3 Å². The van der Waals surface area contributed by atoms with Crippen LogP contribution in [0.1, 0.15) is 32.1 Å². The maximum atomic E-state index is 14.8. The Balaban J connectivity index is 1.38. The Bertz CT molecular complexity index is 1970. The van der Waals surface area contributed by atoms with E-state index in [-0.39, 0.29) is 42.7 Å². The highest BCUT2D eigenvalue weighted by Gasteiger charge is 2.35. The number of fused-ring (bicyclic) bond motifs is 2. The normalized spacial score (nSPS) is 19.9. The monoisotopic (exact) mass is 673 g/mol. The number of likely N-dealkylation sites (N-methyl/N-ethyl adjacent to an activating group) is 1. The third-order valence-corrected chi connectivity index (χ3v) is 9.70.